The molecule has 0 fully saturated rings. The van der Waals surface area contributed by atoms with Gasteiger partial charge in [0, 0.05) is 11.0 Å². The van der Waals surface area contributed by atoms with Gasteiger partial charge in [-0.1, -0.05) is 6.07 Å². The molecule has 2 aromatic carbocycles. The third kappa shape index (κ3) is 3.42. The maximum atomic E-state index is 13.5. The van der Waals surface area contributed by atoms with Crippen molar-refractivity contribution in [2.45, 2.75) is 17.1 Å². The van der Waals surface area contributed by atoms with E-state index < -0.39 is 28.5 Å². The third-order valence-electron chi connectivity index (χ3n) is 2.67. The molecule has 0 amide bonds. The minimum Gasteiger partial charge on any atom is -0.293 e. The number of rotatable bonds is 4. The van der Waals surface area contributed by atoms with E-state index in [1.165, 1.54) is 18.2 Å². The maximum absolute atomic E-state index is 13.5. The molecule has 0 saturated carbocycles. The first kappa shape index (κ1) is 14.7. The minimum atomic E-state index is -0.887. The van der Waals surface area contributed by atoms with Crippen LogP contribution in [0.2, 0.25) is 0 Å². The van der Waals surface area contributed by atoms with Crippen LogP contribution in [0.5, 0.6) is 0 Å². The first-order valence-corrected chi connectivity index (χ1v) is 6.77. The molecule has 2 aromatic rings. The predicted octanol–water partition coefficient (Wildman–Crippen LogP) is 4.47. The fourth-order valence-electron chi connectivity index (χ4n) is 1.71. The van der Waals surface area contributed by atoms with E-state index in [9.17, 15) is 18.0 Å². The molecule has 104 valence electrons. The SMILES string of the molecule is CC(Sc1cccc(F)c1)C(=O)c1ccc(F)cc1F. The average molecular weight is 296 g/mol. The van der Waals surface area contributed by atoms with E-state index in [1.807, 2.05) is 0 Å². The number of Topliss-reactive ketones (excluding diaryl/α,β-unsaturated/α-hetero) is 1. The van der Waals surface area contributed by atoms with Gasteiger partial charge in [-0.2, -0.15) is 0 Å². The fourth-order valence-corrected chi connectivity index (χ4v) is 2.69. The summed E-state index contributed by atoms with van der Waals surface area (Å²) in [5.41, 5.74) is -0.164. The van der Waals surface area contributed by atoms with Gasteiger partial charge in [0.25, 0.3) is 0 Å². The highest BCUT2D eigenvalue weighted by Gasteiger charge is 2.20. The second kappa shape index (κ2) is 6.13. The smallest absolute Gasteiger partial charge is 0.178 e. The van der Waals surface area contributed by atoms with E-state index in [-0.39, 0.29) is 5.56 Å². The topological polar surface area (TPSA) is 17.1 Å². The summed E-state index contributed by atoms with van der Waals surface area (Å²) in [5, 5.41) is -0.600. The molecule has 2 rings (SSSR count). The lowest BCUT2D eigenvalue weighted by atomic mass is 10.1. The Kier molecular flexibility index (Phi) is 4.49. The highest BCUT2D eigenvalue weighted by molar-refractivity contribution is 8.00. The van der Waals surface area contributed by atoms with Gasteiger partial charge in [0.1, 0.15) is 17.5 Å². The zero-order chi connectivity index (χ0) is 14.7. The Hall–Kier alpha value is -1.75. The van der Waals surface area contributed by atoms with Gasteiger partial charge in [0.15, 0.2) is 5.78 Å². The standard InChI is InChI=1S/C15H11F3OS/c1-9(20-12-4-2-3-10(16)7-12)15(19)13-6-5-11(17)8-14(13)18/h2-9H,1H3. The van der Waals surface area contributed by atoms with Crippen LogP contribution in [0, 0.1) is 17.5 Å². The summed E-state index contributed by atoms with van der Waals surface area (Å²) in [5.74, 6) is -2.48. The summed E-state index contributed by atoms with van der Waals surface area (Å²) < 4.78 is 39.4. The molecule has 1 atom stereocenters. The van der Waals surface area contributed by atoms with Crippen LogP contribution in [0.1, 0.15) is 17.3 Å². The summed E-state index contributed by atoms with van der Waals surface area (Å²) in [6, 6.07) is 8.63. The summed E-state index contributed by atoms with van der Waals surface area (Å²) in [7, 11) is 0. The van der Waals surface area contributed by atoms with Crippen molar-refractivity contribution >= 4 is 17.5 Å². The van der Waals surface area contributed by atoms with Gasteiger partial charge >= 0.3 is 0 Å². The van der Waals surface area contributed by atoms with Crippen LogP contribution >= 0.6 is 11.8 Å². The van der Waals surface area contributed by atoms with Gasteiger partial charge in [-0.25, -0.2) is 13.2 Å². The summed E-state index contributed by atoms with van der Waals surface area (Å²) >= 11 is 1.12. The molecule has 0 N–H and O–H groups in total. The van der Waals surface area contributed by atoms with Gasteiger partial charge in [0.05, 0.1) is 10.8 Å². The van der Waals surface area contributed by atoms with Crippen molar-refractivity contribution in [2.75, 3.05) is 0 Å². The van der Waals surface area contributed by atoms with Gasteiger partial charge in [-0.15, -0.1) is 11.8 Å². The Morgan fingerprint density at radius 3 is 2.40 bits per heavy atom. The van der Waals surface area contributed by atoms with Crippen molar-refractivity contribution in [3.05, 3.63) is 65.5 Å². The summed E-state index contributed by atoms with van der Waals surface area (Å²) in [6.07, 6.45) is 0. The zero-order valence-corrected chi connectivity index (χ0v) is 11.4. The van der Waals surface area contributed by atoms with E-state index >= 15 is 0 Å². The monoisotopic (exact) mass is 296 g/mol. The van der Waals surface area contributed by atoms with E-state index in [4.69, 9.17) is 0 Å². The van der Waals surface area contributed by atoms with E-state index in [0.717, 1.165) is 23.9 Å². The van der Waals surface area contributed by atoms with Gasteiger partial charge in [-0.3, -0.25) is 4.79 Å². The van der Waals surface area contributed by atoms with Crippen LogP contribution in [-0.4, -0.2) is 11.0 Å². The molecule has 0 aromatic heterocycles. The average Bonchev–Trinajstić information content (AvgIpc) is 2.38. The van der Waals surface area contributed by atoms with Crippen molar-refractivity contribution in [1.29, 1.82) is 0 Å². The van der Waals surface area contributed by atoms with Crippen molar-refractivity contribution in [3.63, 3.8) is 0 Å². The third-order valence-corrected chi connectivity index (χ3v) is 3.77. The Morgan fingerprint density at radius 2 is 1.75 bits per heavy atom. The number of carbonyl (C=O) groups excluding carboxylic acids is 1. The maximum Gasteiger partial charge on any atom is 0.178 e. The molecule has 0 spiro atoms. The van der Waals surface area contributed by atoms with Crippen LogP contribution in [0.3, 0.4) is 0 Å². The lowest BCUT2D eigenvalue weighted by Gasteiger charge is -2.11. The Labute approximate surface area is 118 Å². The number of thioether (sulfide) groups is 1. The van der Waals surface area contributed by atoms with Crippen LogP contribution in [0.4, 0.5) is 13.2 Å². The Balaban J connectivity index is 2.16. The Morgan fingerprint density at radius 1 is 1.05 bits per heavy atom. The van der Waals surface area contributed by atoms with E-state index in [2.05, 4.69) is 0 Å². The number of hydrogen-bond donors (Lipinski definition) is 0. The normalized spacial score (nSPS) is 12.2. The Bertz CT molecular complexity index is 643. The molecule has 1 nitrogen and oxygen atoms in total. The molecular formula is C15H11F3OS. The summed E-state index contributed by atoms with van der Waals surface area (Å²) in [6.45, 7) is 1.60. The lowest BCUT2D eigenvalue weighted by molar-refractivity contribution is 0.0990. The van der Waals surface area contributed by atoms with Gasteiger partial charge in [-0.05, 0) is 37.3 Å². The van der Waals surface area contributed by atoms with Crippen molar-refractivity contribution in [2.24, 2.45) is 0 Å². The largest absolute Gasteiger partial charge is 0.293 e. The number of benzene rings is 2. The lowest BCUT2D eigenvalue weighted by Crippen LogP contribution is -2.15. The fraction of sp³-hybridized carbons (Fsp3) is 0.133. The number of halogens is 3. The van der Waals surface area contributed by atoms with Crippen LogP contribution in [0.15, 0.2) is 47.4 Å². The molecule has 0 aliphatic rings. The first-order chi connectivity index (χ1) is 9.47. The second-order valence-electron chi connectivity index (χ2n) is 4.21. The van der Waals surface area contributed by atoms with Crippen molar-refractivity contribution < 1.29 is 18.0 Å². The molecule has 0 bridgehead atoms. The quantitative estimate of drug-likeness (QED) is 0.612. The molecule has 20 heavy (non-hydrogen) atoms. The number of hydrogen-bond acceptors (Lipinski definition) is 2. The molecular weight excluding hydrogens is 285 g/mol. The van der Waals surface area contributed by atoms with Crippen LogP contribution in [-0.2, 0) is 0 Å². The molecule has 5 heteroatoms. The highest BCUT2D eigenvalue weighted by atomic mass is 32.2. The second-order valence-corrected chi connectivity index (χ2v) is 5.62. The molecule has 0 aliphatic carbocycles. The molecule has 0 saturated heterocycles. The first-order valence-electron chi connectivity index (χ1n) is 5.89. The minimum absolute atomic E-state index is 0.164. The molecule has 0 aliphatic heterocycles. The number of ketones is 1. The van der Waals surface area contributed by atoms with Crippen molar-refractivity contribution in [1.82, 2.24) is 0 Å². The summed E-state index contributed by atoms with van der Waals surface area (Å²) in [4.78, 5) is 12.7. The van der Waals surface area contributed by atoms with Gasteiger partial charge < -0.3 is 0 Å². The predicted molar refractivity (Wildman–Crippen MR) is 72.4 cm³/mol. The number of carbonyl (C=O) groups is 1. The van der Waals surface area contributed by atoms with Crippen LogP contribution < -0.4 is 0 Å². The van der Waals surface area contributed by atoms with Crippen molar-refractivity contribution in [3.8, 4) is 0 Å². The van der Waals surface area contributed by atoms with E-state index in [0.29, 0.717) is 11.0 Å². The van der Waals surface area contributed by atoms with E-state index in [1.54, 1.807) is 13.0 Å². The zero-order valence-electron chi connectivity index (χ0n) is 10.6. The molecule has 1 unspecified atom stereocenters. The highest BCUT2D eigenvalue weighted by Crippen LogP contribution is 2.26. The molecule has 0 radical (unpaired) electrons. The van der Waals surface area contributed by atoms with Gasteiger partial charge in [0.2, 0.25) is 0 Å². The van der Waals surface area contributed by atoms with Crippen LogP contribution in [0.25, 0.3) is 0 Å². The molecule has 0 heterocycles.